The van der Waals surface area contributed by atoms with Crippen molar-refractivity contribution in [3.05, 3.63) is 0 Å². The molecule has 1 heterocycles. The number of nitrogens with one attached hydrogen (secondary N) is 1. The van der Waals surface area contributed by atoms with E-state index in [-0.39, 0.29) is 0 Å². The van der Waals surface area contributed by atoms with Crippen LogP contribution >= 0.6 is 0 Å². The highest BCUT2D eigenvalue weighted by Crippen LogP contribution is 2.14. The van der Waals surface area contributed by atoms with Crippen molar-refractivity contribution in [1.29, 1.82) is 0 Å². The first-order valence-corrected chi connectivity index (χ1v) is 6.03. The van der Waals surface area contributed by atoms with Gasteiger partial charge in [-0.1, -0.05) is 13.8 Å². The third kappa shape index (κ3) is 4.97. The van der Waals surface area contributed by atoms with Crippen LogP contribution in [0.25, 0.3) is 0 Å². The molecule has 1 saturated heterocycles. The summed E-state index contributed by atoms with van der Waals surface area (Å²) < 4.78 is 5.58. The summed E-state index contributed by atoms with van der Waals surface area (Å²) in [7, 11) is 0. The quantitative estimate of drug-likeness (QED) is 0.710. The smallest absolute Gasteiger partial charge is 0.0588 e. The van der Waals surface area contributed by atoms with E-state index in [1.165, 1.54) is 25.7 Å². The lowest BCUT2D eigenvalue weighted by molar-refractivity contribution is 0.103. The molecule has 1 rings (SSSR count). The van der Waals surface area contributed by atoms with E-state index < -0.39 is 0 Å². The molecule has 0 saturated carbocycles. The zero-order chi connectivity index (χ0) is 10.4. The van der Waals surface area contributed by atoms with Crippen LogP contribution in [0.2, 0.25) is 0 Å². The lowest BCUT2D eigenvalue weighted by Crippen LogP contribution is -2.30. The normalized spacial score (nSPS) is 24.4. The second-order valence-corrected chi connectivity index (χ2v) is 4.91. The monoisotopic (exact) mass is 199 g/mol. The molecule has 0 radical (unpaired) electrons. The van der Waals surface area contributed by atoms with Crippen LogP contribution in [-0.4, -0.2) is 25.3 Å². The average molecular weight is 199 g/mol. The molecule has 0 amide bonds. The van der Waals surface area contributed by atoms with Crippen molar-refractivity contribution < 1.29 is 4.74 Å². The number of rotatable bonds is 6. The first-order chi connectivity index (χ1) is 6.68. The van der Waals surface area contributed by atoms with Crippen LogP contribution in [0.15, 0.2) is 0 Å². The summed E-state index contributed by atoms with van der Waals surface area (Å²) in [6, 6.07) is 0.649. The molecule has 0 aliphatic carbocycles. The molecule has 2 heteroatoms. The van der Waals surface area contributed by atoms with Crippen LogP contribution in [0.4, 0.5) is 0 Å². The first-order valence-electron chi connectivity index (χ1n) is 6.03. The molecule has 0 spiro atoms. The van der Waals surface area contributed by atoms with Crippen molar-refractivity contribution in [3.8, 4) is 0 Å². The van der Waals surface area contributed by atoms with E-state index in [0.717, 1.165) is 19.1 Å². The summed E-state index contributed by atoms with van der Waals surface area (Å²) in [5.41, 5.74) is 0. The Morgan fingerprint density at radius 2 is 2.14 bits per heavy atom. The molecular weight excluding hydrogens is 174 g/mol. The van der Waals surface area contributed by atoms with E-state index >= 15 is 0 Å². The molecule has 84 valence electrons. The maximum atomic E-state index is 5.58. The van der Waals surface area contributed by atoms with Crippen LogP contribution in [-0.2, 0) is 4.74 Å². The third-order valence-electron chi connectivity index (χ3n) is 2.81. The van der Waals surface area contributed by atoms with Gasteiger partial charge < -0.3 is 10.1 Å². The fourth-order valence-electron chi connectivity index (χ4n) is 2.15. The predicted octanol–water partition coefficient (Wildman–Crippen LogP) is 2.58. The lowest BCUT2D eigenvalue weighted by Gasteiger charge is -2.17. The second kappa shape index (κ2) is 6.41. The Balaban J connectivity index is 1.96. The van der Waals surface area contributed by atoms with Crippen molar-refractivity contribution in [1.82, 2.24) is 5.32 Å². The fourth-order valence-corrected chi connectivity index (χ4v) is 2.15. The molecule has 1 aliphatic heterocycles. The fraction of sp³-hybridized carbons (Fsp3) is 1.00. The minimum atomic E-state index is 0.536. The summed E-state index contributed by atoms with van der Waals surface area (Å²) in [6.45, 7) is 8.91. The van der Waals surface area contributed by atoms with Crippen LogP contribution in [0.3, 0.4) is 0 Å². The Morgan fingerprint density at radius 3 is 2.71 bits per heavy atom. The molecule has 0 aromatic carbocycles. The van der Waals surface area contributed by atoms with E-state index in [0.29, 0.717) is 12.1 Å². The molecule has 1 aliphatic rings. The molecule has 2 nitrogen and oxygen atoms in total. The van der Waals surface area contributed by atoms with Gasteiger partial charge in [-0.25, -0.2) is 0 Å². The molecule has 2 atom stereocenters. The van der Waals surface area contributed by atoms with Crippen molar-refractivity contribution in [3.63, 3.8) is 0 Å². The molecule has 0 aromatic rings. The van der Waals surface area contributed by atoms with Gasteiger partial charge in [0.1, 0.15) is 0 Å². The van der Waals surface area contributed by atoms with Crippen molar-refractivity contribution in [2.75, 3.05) is 13.2 Å². The zero-order valence-corrected chi connectivity index (χ0v) is 9.88. The SMILES string of the molecule is CC(C)CC(C)NCCC1CCCO1. The summed E-state index contributed by atoms with van der Waals surface area (Å²) in [5, 5.41) is 3.56. The van der Waals surface area contributed by atoms with Gasteiger partial charge in [-0.3, -0.25) is 0 Å². The van der Waals surface area contributed by atoms with E-state index in [1.807, 2.05) is 0 Å². The van der Waals surface area contributed by atoms with Crippen molar-refractivity contribution in [2.45, 2.75) is 58.6 Å². The number of hydrogen-bond acceptors (Lipinski definition) is 2. The second-order valence-electron chi connectivity index (χ2n) is 4.91. The highest BCUT2D eigenvalue weighted by Gasteiger charge is 2.15. The van der Waals surface area contributed by atoms with Gasteiger partial charge in [0, 0.05) is 12.6 Å². The van der Waals surface area contributed by atoms with Gasteiger partial charge in [-0.05, 0) is 45.1 Å². The third-order valence-corrected chi connectivity index (χ3v) is 2.81. The van der Waals surface area contributed by atoms with Crippen LogP contribution in [0.5, 0.6) is 0 Å². The maximum absolute atomic E-state index is 5.58. The molecular formula is C12H25NO. The lowest BCUT2D eigenvalue weighted by atomic mass is 10.1. The molecule has 1 N–H and O–H groups in total. The summed E-state index contributed by atoms with van der Waals surface area (Å²) in [4.78, 5) is 0. The Hall–Kier alpha value is -0.0800. The van der Waals surface area contributed by atoms with Gasteiger partial charge in [-0.15, -0.1) is 0 Å². The highest BCUT2D eigenvalue weighted by molar-refractivity contribution is 4.68. The van der Waals surface area contributed by atoms with Gasteiger partial charge in [0.15, 0.2) is 0 Å². The topological polar surface area (TPSA) is 21.3 Å². The molecule has 0 bridgehead atoms. The van der Waals surface area contributed by atoms with E-state index in [1.54, 1.807) is 0 Å². The molecule has 1 fully saturated rings. The Kier molecular flexibility index (Phi) is 5.49. The Labute approximate surface area is 88.4 Å². The zero-order valence-electron chi connectivity index (χ0n) is 9.88. The first kappa shape index (κ1) is 12.0. The average Bonchev–Trinajstić information content (AvgIpc) is 2.55. The number of ether oxygens (including phenoxy) is 1. The Morgan fingerprint density at radius 1 is 1.36 bits per heavy atom. The van der Waals surface area contributed by atoms with Gasteiger partial charge >= 0.3 is 0 Å². The molecule has 2 unspecified atom stereocenters. The summed E-state index contributed by atoms with van der Waals surface area (Å²) in [6.07, 6.45) is 5.51. The predicted molar refractivity (Wildman–Crippen MR) is 60.5 cm³/mol. The van der Waals surface area contributed by atoms with E-state index in [2.05, 4.69) is 26.1 Å². The maximum Gasteiger partial charge on any atom is 0.0588 e. The van der Waals surface area contributed by atoms with Crippen LogP contribution < -0.4 is 5.32 Å². The van der Waals surface area contributed by atoms with E-state index in [9.17, 15) is 0 Å². The van der Waals surface area contributed by atoms with Crippen molar-refractivity contribution in [2.24, 2.45) is 5.92 Å². The molecule has 14 heavy (non-hydrogen) atoms. The van der Waals surface area contributed by atoms with Crippen LogP contribution in [0.1, 0.15) is 46.5 Å². The largest absolute Gasteiger partial charge is 0.378 e. The standard InChI is InChI=1S/C12H25NO/c1-10(2)9-11(3)13-7-6-12-5-4-8-14-12/h10-13H,4-9H2,1-3H3. The van der Waals surface area contributed by atoms with E-state index in [4.69, 9.17) is 4.74 Å². The minimum Gasteiger partial charge on any atom is -0.378 e. The number of hydrogen-bond donors (Lipinski definition) is 1. The highest BCUT2D eigenvalue weighted by atomic mass is 16.5. The Bertz CT molecular complexity index is 141. The van der Waals surface area contributed by atoms with Gasteiger partial charge in [-0.2, -0.15) is 0 Å². The van der Waals surface area contributed by atoms with Gasteiger partial charge in [0.2, 0.25) is 0 Å². The summed E-state index contributed by atoms with van der Waals surface area (Å²) in [5.74, 6) is 0.792. The molecule has 0 aromatic heterocycles. The van der Waals surface area contributed by atoms with Gasteiger partial charge in [0.05, 0.1) is 6.10 Å². The van der Waals surface area contributed by atoms with Crippen LogP contribution in [0, 0.1) is 5.92 Å². The van der Waals surface area contributed by atoms with Crippen molar-refractivity contribution >= 4 is 0 Å². The minimum absolute atomic E-state index is 0.536. The van der Waals surface area contributed by atoms with Gasteiger partial charge in [0.25, 0.3) is 0 Å². The summed E-state index contributed by atoms with van der Waals surface area (Å²) >= 11 is 0.